The molecule has 1 saturated heterocycles. The minimum Gasteiger partial charge on any atom is -0.316 e. The first-order chi connectivity index (χ1) is 7.97. The van der Waals surface area contributed by atoms with E-state index in [1.165, 1.54) is 0 Å². The van der Waals surface area contributed by atoms with Gasteiger partial charge >= 0.3 is 6.18 Å². The van der Waals surface area contributed by atoms with Crippen LogP contribution >= 0.6 is 0 Å². The maximum Gasteiger partial charge on any atom is 0.416 e. The van der Waals surface area contributed by atoms with Gasteiger partial charge in [0.1, 0.15) is 5.82 Å². The maximum absolute atomic E-state index is 13.0. The molecule has 1 heterocycles. The molecule has 1 fully saturated rings. The van der Waals surface area contributed by atoms with Crippen molar-refractivity contribution in [1.29, 1.82) is 0 Å². The highest BCUT2D eigenvalue weighted by Crippen LogP contribution is 2.33. The topological polar surface area (TPSA) is 12.0 Å². The van der Waals surface area contributed by atoms with Crippen molar-refractivity contribution in [1.82, 2.24) is 5.32 Å². The van der Waals surface area contributed by atoms with Gasteiger partial charge in [-0.15, -0.1) is 0 Å². The van der Waals surface area contributed by atoms with Gasteiger partial charge in [-0.05, 0) is 55.6 Å². The molecule has 5 heteroatoms. The van der Waals surface area contributed by atoms with E-state index < -0.39 is 17.6 Å². The first-order valence-electron chi connectivity index (χ1n) is 5.53. The maximum atomic E-state index is 13.0. The Labute approximate surface area is 96.8 Å². The highest BCUT2D eigenvalue weighted by atomic mass is 19.4. The third-order valence-electron chi connectivity index (χ3n) is 3.04. The van der Waals surface area contributed by atoms with E-state index in [1.807, 2.05) is 0 Å². The Hall–Kier alpha value is -1.10. The van der Waals surface area contributed by atoms with Crippen molar-refractivity contribution < 1.29 is 17.6 Å². The summed E-state index contributed by atoms with van der Waals surface area (Å²) in [6.45, 7) is 1.52. The number of halogens is 4. The van der Waals surface area contributed by atoms with Gasteiger partial charge in [-0.3, -0.25) is 0 Å². The fraction of sp³-hybridized carbons (Fsp3) is 0.500. The average molecular weight is 247 g/mol. The van der Waals surface area contributed by atoms with Crippen molar-refractivity contribution in [2.75, 3.05) is 13.1 Å². The summed E-state index contributed by atoms with van der Waals surface area (Å²) >= 11 is 0. The molecule has 1 aliphatic rings. The molecular formula is C12H13F4N. The highest BCUT2D eigenvalue weighted by Gasteiger charge is 2.34. The fourth-order valence-electron chi connectivity index (χ4n) is 2.21. The Morgan fingerprint density at radius 3 is 2.65 bits per heavy atom. The van der Waals surface area contributed by atoms with Gasteiger partial charge in [-0.2, -0.15) is 13.2 Å². The minimum absolute atomic E-state index is 0.0613. The molecule has 0 saturated carbocycles. The van der Waals surface area contributed by atoms with Crippen LogP contribution in [-0.2, 0) is 12.6 Å². The molecule has 1 nitrogen and oxygen atoms in total. The second kappa shape index (κ2) is 4.64. The second-order valence-corrected chi connectivity index (χ2v) is 4.36. The van der Waals surface area contributed by atoms with Crippen LogP contribution in [0, 0.1) is 11.7 Å². The summed E-state index contributed by atoms with van der Waals surface area (Å²) in [7, 11) is 0. The predicted molar refractivity (Wildman–Crippen MR) is 56.1 cm³/mol. The van der Waals surface area contributed by atoms with Gasteiger partial charge in [0.2, 0.25) is 0 Å². The molecule has 1 N–H and O–H groups in total. The van der Waals surface area contributed by atoms with Gasteiger partial charge in [0.05, 0.1) is 5.56 Å². The highest BCUT2D eigenvalue weighted by molar-refractivity contribution is 5.31. The molecule has 17 heavy (non-hydrogen) atoms. The molecule has 1 atom stereocenters. The lowest BCUT2D eigenvalue weighted by atomic mass is 9.94. The van der Waals surface area contributed by atoms with E-state index in [4.69, 9.17) is 0 Å². The summed E-state index contributed by atoms with van der Waals surface area (Å²) in [6.07, 6.45) is -3.29. The molecule has 0 radical (unpaired) electrons. The number of rotatable bonds is 2. The Bertz CT molecular complexity index is 394. The quantitative estimate of drug-likeness (QED) is 0.792. The standard InChI is InChI=1S/C12H13F4N/c13-10-1-2-11(12(14,15)16)9(6-10)5-8-3-4-17-7-8/h1-2,6,8,17H,3-5,7H2. The van der Waals surface area contributed by atoms with Crippen LogP contribution in [0.5, 0.6) is 0 Å². The number of nitrogens with one attached hydrogen (secondary N) is 1. The molecule has 1 aliphatic heterocycles. The average Bonchev–Trinajstić information content (AvgIpc) is 2.68. The zero-order valence-electron chi connectivity index (χ0n) is 9.15. The first kappa shape index (κ1) is 12.4. The van der Waals surface area contributed by atoms with Gasteiger partial charge in [0.15, 0.2) is 0 Å². The van der Waals surface area contributed by atoms with Crippen molar-refractivity contribution in [2.24, 2.45) is 5.92 Å². The molecule has 0 aliphatic carbocycles. The zero-order valence-corrected chi connectivity index (χ0v) is 9.15. The Balaban J connectivity index is 2.26. The number of hydrogen-bond donors (Lipinski definition) is 1. The lowest BCUT2D eigenvalue weighted by molar-refractivity contribution is -0.138. The van der Waals surface area contributed by atoms with E-state index in [0.29, 0.717) is 6.54 Å². The molecule has 0 spiro atoms. The summed E-state index contributed by atoms with van der Waals surface area (Å²) in [5, 5.41) is 3.09. The van der Waals surface area contributed by atoms with E-state index in [0.717, 1.165) is 31.2 Å². The van der Waals surface area contributed by atoms with Gasteiger partial charge < -0.3 is 5.32 Å². The molecule has 0 amide bonds. The third kappa shape index (κ3) is 2.97. The van der Waals surface area contributed by atoms with Crippen molar-refractivity contribution in [3.05, 3.63) is 35.1 Å². The van der Waals surface area contributed by atoms with Crippen LogP contribution in [0.4, 0.5) is 17.6 Å². The van der Waals surface area contributed by atoms with Crippen LogP contribution < -0.4 is 5.32 Å². The number of hydrogen-bond acceptors (Lipinski definition) is 1. The molecule has 2 rings (SSSR count). The van der Waals surface area contributed by atoms with Gasteiger partial charge in [0, 0.05) is 0 Å². The second-order valence-electron chi connectivity index (χ2n) is 4.36. The SMILES string of the molecule is Fc1ccc(C(F)(F)F)c(CC2CCNC2)c1. The van der Waals surface area contributed by atoms with Gasteiger partial charge in [0.25, 0.3) is 0 Å². The van der Waals surface area contributed by atoms with E-state index in [9.17, 15) is 17.6 Å². The lowest BCUT2D eigenvalue weighted by Crippen LogP contribution is -2.15. The van der Waals surface area contributed by atoms with Crippen LogP contribution in [0.2, 0.25) is 0 Å². The third-order valence-corrected chi connectivity index (χ3v) is 3.04. The minimum atomic E-state index is -4.41. The molecule has 1 aromatic rings. The molecule has 1 unspecified atom stereocenters. The molecular weight excluding hydrogens is 234 g/mol. The Morgan fingerprint density at radius 1 is 1.29 bits per heavy atom. The monoisotopic (exact) mass is 247 g/mol. The Morgan fingerprint density at radius 2 is 2.06 bits per heavy atom. The summed E-state index contributed by atoms with van der Waals surface area (Å²) in [6, 6.07) is 2.69. The Kier molecular flexibility index (Phi) is 3.38. The summed E-state index contributed by atoms with van der Waals surface area (Å²) in [4.78, 5) is 0. The first-order valence-corrected chi connectivity index (χ1v) is 5.53. The molecule has 1 aromatic carbocycles. The van der Waals surface area contributed by atoms with Crippen molar-refractivity contribution in [2.45, 2.75) is 19.0 Å². The van der Waals surface area contributed by atoms with Crippen molar-refractivity contribution in [3.8, 4) is 0 Å². The zero-order chi connectivity index (χ0) is 12.5. The largest absolute Gasteiger partial charge is 0.416 e. The number of benzene rings is 1. The van der Waals surface area contributed by atoms with Crippen LogP contribution in [0.25, 0.3) is 0 Å². The summed E-state index contributed by atoms with van der Waals surface area (Å²) in [5.74, 6) is -0.447. The predicted octanol–water partition coefficient (Wildman–Crippen LogP) is 3.00. The van der Waals surface area contributed by atoms with Crippen LogP contribution in [0.15, 0.2) is 18.2 Å². The summed E-state index contributed by atoms with van der Waals surface area (Å²) in [5.41, 5.74) is -0.656. The van der Waals surface area contributed by atoms with Crippen LogP contribution in [-0.4, -0.2) is 13.1 Å². The van der Waals surface area contributed by atoms with Gasteiger partial charge in [-0.25, -0.2) is 4.39 Å². The van der Waals surface area contributed by atoms with E-state index in [1.54, 1.807) is 0 Å². The number of alkyl halides is 3. The van der Waals surface area contributed by atoms with Crippen molar-refractivity contribution in [3.63, 3.8) is 0 Å². The molecule has 94 valence electrons. The van der Waals surface area contributed by atoms with Crippen LogP contribution in [0.1, 0.15) is 17.5 Å². The van der Waals surface area contributed by atoms with Crippen LogP contribution in [0.3, 0.4) is 0 Å². The molecule has 0 aromatic heterocycles. The summed E-state index contributed by atoms with van der Waals surface area (Å²) < 4.78 is 51.2. The van der Waals surface area contributed by atoms with E-state index in [-0.39, 0.29) is 17.9 Å². The van der Waals surface area contributed by atoms with E-state index >= 15 is 0 Å². The molecule has 0 bridgehead atoms. The van der Waals surface area contributed by atoms with Crippen molar-refractivity contribution >= 4 is 0 Å². The fourth-order valence-corrected chi connectivity index (χ4v) is 2.21. The van der Waals surface area contributed by atoms with E-state index in [2.05, 4.69) is 5.32 Å². The normalized spacial score (nSPS) is 20.8. The lowest BCUT2D eigenvalue weighted by Gasteiger charge is -2.15. The van der Waals surface area contributed by atoms with Gasteiger partial charge in [-0.1, -0.05) is 0 Å². The smallest absolute Gasteiger partial charge is 0.316 e.